The van der Waals surface area contributed by atoms with Gasteiger partial charge in [0.15, 0.2) is 0 Å². The van der Waals surface area contributed by atoms with Crippen LogP contribution in [0.3, 0.4) is 0 Å². The minimum Gasteiger partial charge on any atom is -0.398 e. The number of nitrogens with two attached hydrogens (primary N) is 2. The van der Waals surface area contributed by atoms with Gasteiger partial charge in [0.2, 0.25) is 0 Å². The summed E-state index contributed by atoms with van der Waals surface area (Å²) in [5.74, 6) is 0. The Hall–Kier alpha value is -1.24. The molecule has 0 heterocycles. The van der Waals surface area contributed by atoms with Gasteiger partial charge in [0.1, 0.15) is 0 Å². The molecule has 0 amide bonds. The van der Waals surface area contributed by atoms with Crippen LogP contribution in [0.2, 0.25) is 5.02 Å². The Labute approximate surface area is 81.9 Å². The summed E-state index contributed by atoms with van der Waals surface area (Å²) in [5.41, 5.74) is 12.6. The van der Waals surface area contributed by atoms with E-state index in [0.29, 0.717) is 10.7 Å². The molecule has 0 bridgehead atoms. The Morgan fingerprint density at radius 1 is 1.54 bits per heavy atom. The lowest BCUT2D eigenvalue weighted by Gasteiger charge is -2.08. The van der Waals surface area contributed by atoms with Gasteiger partial charge in [0, 0.05) is 6.04 Å². The molecule has 0 fully saturated rings. The first kappa shape index (κ1) is 9.85. The molecule has 4 N–H and O–H groups in total. The van der Waals surface area contributed by atoms with Crippen LogP contribution in [-0.4, -0.2) is 0 Å². The summed E-state index contributed by atoms with van der Waals surface area (Å²) in [4.78, 5) is 0. The van der Waals surface area contributed by atoms with Crippen LogP contribution in [0, 0.1) is 11.3 Å². The zero-order valence-corrected chi connectivity index (χ0v) is 7.75. The van der Waals surface area contributed by atoms with Gasteiger partial charge >= 0.3 is 0 Å². The van der Waals surface area contributed by atoms with E-state index < -0.39 is 0 Å². The van der Waals surface area contributed by atoms with Crippen LogP contribution >= 0.6 is 11.6 Å². The van der Waals surface area contributed by atoms with Crippen molar-refractivity contribution in [3.63, 3.8) is 0 Å². The fraction of sp³-hybridized carbons (Fsp3) is 0.222. The van der Waals surface area contributed by atoms with Gasteiger partial charge in [0.25, 0.3) is 0 Å². The monoisotopic (exact) mass is 195 g/mol. The normalized spacial score (nSPS) is 12.1. The Balaban J connectivity index is 2.91. The number of nitriles is 1. The maximum atomic E-state index is 8.43. The van der Waals surface area contributed by atoms with E-state index in [1.165, 1.54) is 0 Å². The van der Waals surface area contributed by atoms with Crippen molar-refractivity contribution >= 4 is 17.3 Å². The maximum Gasteiger partial charge on any atom is 0.0641 e. The highest BCUT2D eigenvalue weighted by molar-refractivity contribution is 6.33. The van der Waals surface area contributed by atoms with E-state index in [4.69, 9.17) is 28.3 Å². The van der Waals surface area contributed by atoms with Gasteiger partial charge in [-0.15, -0.1) is 0 Å². The van der Waals surface area contributed by atoms with Gasteiger partial charge in [-0.3, -0.25) is 0 Å². The number of anilines is 1. The topological polar surface area (TPSA) is 75.8 Å². The van der Waals surface area contributed by atoms with E-state index in [0.717, 1.165) is 5.56 Å². The molecule has 1 aromatic carbocycles. The van der Waals surface area contributed by atoms with E-state index in [1.807, 2.05) is 6.07 Å². The molecule has 0 radical (unpaired) electrons. The van der Waals surface area contributed by atoms with Gasteiger partial charge < -0.3 is 11.5 Å². The first-order chi connectivity index (χ1) is 6.15. The number of halogens is 1. The lowest BCUT2D eigenvalue weighted by atomic mass is 10.1. The summed E-state index contributed by atoms with van der Waals surface area (Å²) < 4.78 is 0. The van der Waals surface area contributed by atoms with Crippen molar-refractivity contribution in [3.05, 3.63) is 28.8 Å². The average molecular weight is 196 g/mol. The van der Waals surface area contributed by atoms with Gasteiger partial charge in [0.05, 0.1) is 23.2 Å². The highest BCUT2D eigenvalue weighted by Gasteiger charge is 2.06. The minimum atomic E-state index is -0.287. The SMILES string of the molecule is N#CC[C@H](N)c1ccc(Cl)c(N)c1. The van der Waals surface area contributed by atoms with Crippen LogP contribution in [0.15, 0.2) is 18.2 Å². The Morgan fingerprint density at radius 3 is 2.77 bits per heavy atom. The second-order valence-electron chi connectivity index (χ2n) is 2.75. The lowest BCUT2D eigenvalue weighted by Crippen LogP contribution is -2.09. The van der Waals surface area contributed by atoms with Crippen LogP contribution in [0.5, 0.6) is 0 Å². The van der Waals surface area contributed by atoms with Crippen LogP contribution in [0.25, 0.3) is 0 Å². The van der Waals surface area contributed by atoms with Gasteiger partial charge in [-0.2, -0.15) is 5.26 Å². The molecule has 0 aliphatic rings. The Bertz CT molecular complexity index is 343. The number of hydrogen-bond acceptors (Lipinski definition) is 3. The highest BCUT2D eigenvalue weighted by atomic mass is 35.5. The molecular formula is C9H10ClN3. The van der Waals surface area contributed by atoms with Crippen molar-refractivity contribution in [2.75, 3.05) is 5.73 Å². The quantitative estimate of drug-likeness (QED) is 0.707. The van der Waals surface area contributed by atoms with Crippen LogP contribution in [0.1, 0.15) is 18.0 Å². The van der Waals surface area contributed by atoms with Crippen LogP contribution in [-0.2, 0) is 0 Å². The van der Waals surface area contributed by atoms with Crippen LogP contribution in [0.4, 0.5) is 5.69 Å². The largest absolute Gasteiger partial charge is 0.398 e. The standard InChI is InChI=1S/C9H10ClN3/c10-7-2-1-6(5-9(7)13)8(12)3-4-11/h1-2,5,8H,3,12-13H2/t8-/m0/s1. The highest BCUT2D eigenvalue weighted by Crippen LogP contribution is 2.23. The molecule has 3 nitrogen and oxygen atoms in total. The zero-order valence-electron chi connectivity index (χ0n) is 7.00. The third-order valence-corrected chi connectivity index (χ3v) is 2.10. The van der Waals surface area contributed by atoms with Crippen LogP contribution < -0.4 is 11.5 Å². The third kappa shape index (κ3) is 2.35. The first-order valence-electron chi connectivity index (χ1n) is 3.82. The molecule has 0 saturated carbocycles. The van der Waals surface area contributed by atoms with Crippen molar-refractivity contribution in [2.24, 2.45) is 5.73 Å². The van der Waals surface area contributed by atoms with Crippen molar-refractivity contribution in [2.45, 2.75) is 12.5 Å². The number of benzene rings is 1. The Kier molecular flexibility index (Phi) is 3.13. The summed E-state index contributed by atoms with van der Waals surface area (Å²) in [5, 5.41) is 8.94. The van der Waals surface area contributed by atoms with Gasteiger partial charge in [-0.05, 0) is 17.7 Å². The third-order valence-electron chi connectivity index (χ3n) is 1.76. The van der Waals surface area contributed by atoms with E-state index in [1.54, 1.807) is 18.2 Å². The fourth-order valence-corrected chi connectivity index (χ4v) is 1.13. The van der Waals surface area contributed by atoms with E-state index >= 15 is 0 Å². The zero-order chi connectivity index (χ0) is 9.84. The number of nitrogen functional groups attached to an aromatic ring is 1. The molecule has 68 valence electrons. The first-order valence-corrected chi connectivity index (χ1v) is 4.20. The summed E-state index contributed by atoms with van der Waals surface area (Å²) in [6.07, 6.45) is 0.279. The molecule has 1 aromatic rings. The minimum absolute atomic E-state index is 0.279. The second-order valence-corrected chi connectivity index (χ2v) is 3.16. The van der Waals surface area contributed by atoms with Gasteiger partial charge in [-0.1, -0.05) is 17.7 Å². The molecule has 0 unspecified atom stereocenters. The number of rotatable bonds is 2. The lowest BCUT2D eigenvalue weighted by molar-refractivity contribution is 0.749. The van der Waals surface area contributed by atoms with Crippen molar-refractivity contribution in [3.8, 4) is 6.07 Å². The summed E-state index contributed by atoms with van der Waals surface area (Å²) in [6.45, 7) is 0. The van der Waals surface area contributed by atoms with E-state index in [2.05, 4.69) is 0 Å². The summed E-state index contributed by atoms with van der Waals surface area (Å²) in [7, 11) is 0. The molecule has 0 aromatic heterocycles. The summed E-state index contributed by atoms with van der Waals surface area (Å²) >= 11 is 5.73. The molecule has 0 aliphatic heterocycles. The molecule has 1 rings (SSSR count). The average Bonchev–Trinajstić information content (AvgIpc) is 2.10. The maximum absolute atomic E-state index is 8.43. The molecule has 13 heavy (non-hydrogen) atoms. The van der Waals surface area contributed by atoms with Crippen molar-refractivity contribution in [1.29, 1.82) is 5.26 Å². The van der Waals surface area contributed by atoms with Gasteiger partial charge in [-0.25, -0.2) is 0 Å². The smallest absolute Gasteiger partial charge is 0.0641 e. The molecule has 1 atom stereocenters. The Morgan fingerprint density at radius 2 is 2.23 bits per heavy atom. The molecule has 4 heteroatoms. The molecule has 0 saturated heterocycles. The second kappa shape index (κ2) is 4.13. The molecular weight excluding hydrogens is 186 g/mol. The number of nitrogens with zero attached hydrogens (tertiary/aromatic N) is 1. The van der Waals surface area contributed by atoms with E-state index in [9.17, 15) is 0 Å². The fourth-order valence-electron chi connectivity index (χ4n) is 1.01. The predicted octanol–water partition coefficient (Wildman–Crippen LogP) is 1.84. The van der Waals surface area contributed by atoms with Crippen molar-refractivity contribution < 1.29 is 0 Å². The number of hydrogen-bond donors (Lipinski definition) is 2. The van der Waals surface area contributed by atoms with Crippen molar-refractivity contribution in [1.82, 2.24) is 0 Å². The van der Waals surface area contributed by atoms with E-state index in [-0.39, 0.29) is 12.5 Å². The molecule has 0 spiro atoms. The predicted molar refractivity (Wildman–Crippen MR) is 53.0 cm³/mol. The molecule has 0 aliphatic carbocycles. The summed E-state index contributed by atoms with van der Waals surface area (Å²) in [6, 6.07) is 6.87.